The fraction of sp³-hybridized carbons (Fsp3) is 0.0741. The number of hydrogen-bond donors (Lipinski definition) is 1. The Morgan fingerprint density at radius 1 is 1.00 bits per heavy atom. The molecular formula is C27H23ClN4O2S. The minimum atomic E-state index is -0.180. The number of nitrogens with zero attached hydrogens (tertiary/aromatic N) is 3. The van der Waals surface area contributed by atoms with Crippen LogP contribution in [0.3, 0.4) is 0 Å². The Morgan fingerprint density at radius 3 is 2.54 bits per heavy atom. The maximum atomic E-state index is 13.1. The smallest absolute Gasteiger partial charge is 0.256 e. The summed E-state index contributed by atoms with van der Waals surface area (Å²) in [5.41, 5.74) is 4.95. The lowest BCUT2D eigenvalue weighted by atomic mass is 10.1. The molecule has 8 heteroatoms. The number of halogens is 1. The molecule has 0 unspecified atom stereocenters. The normalized spacial score (nSPS) is 10.7. The van der Waals surface area contributed by atoms with E-state index in [-0.39, 0.29) is 11.4 Å². The number of anilines is 1. The lowest BCUT2D eigenvalue weighted by molar-refractivity contribution is 0.102. The van der Waals surface area contributed by atoms with Crippen LogP contribution in [0.5, 0.6) is 0 Å². The summed E-state index contributed by atoms with van der Waals surface area (Å²) in [6, 6.07) is 27.3. The summed E-state index contributed by atoms with van der Waals surface area (Å²) < 4.78 is 1.69. The molecule has 2 heterocycles. The van der Waals surface area contributed by atoms with Crippen LogP contribution in [0.4, 0.5) is 5.69 Å². The van der Waals surface area contributed by atoms with Crippen molar-refractivity contribution in [3.05, 3.63) is 107 Å². The zero-order valence-corrected chi connectivity index (χ0v) is 20.5. The minimum Gasteiger partial charge on any atom is -0.412 e. The van der Waals surface area contributed by atoms with Crippen molar-refractivity contribution in [1.29, 1.82) is 0 Å². The summed E-state index contributed by atoms with van der Waals surface area (Å²) >= 11 is 8.15. The first kappa shape index (κ1) is 24.5. The fourth-order valence-electron chi connectivity index (χ4n) is 3.77. The summed E-state index contributed by atoms with van der Waals surface area (Å²) in [4.78, 5) is 18.4. The van der Waals surface area contributed by atoms with Crippen molar-refractivity contribution < 1.29 is 10.3 Å². The Morgan fingerprint density at radius 2 is 1.71 bits per heavy atom. The highest BCUT2D eigenvalue weighted by Gasteiger charge is 2.18. The van der Waals surface area contributed by atoms with E-state index >= 15 is 0 Å². The van der Waals surface area contributed by atoms with Gasteiger partial charge in [-0.2, -0.15) is 5.10 Å². The molecule has 0 fully saturated rings. The molecule has 1 amide bonds. The average molecular weight is 503 g/mol. The van der Waals surface area contributed by atoms with Crippen LogP contribution >= 0.6 is 23.4 Å². The number of carbonyl (C=O) groups excluding carboxylic acids is 1. The third kappa shape index (κ3) is 5.22. The van der Waals surface area contributed by atoms with Gasteiger partial charge in [-0.25, -0.2) is 0 Å². The number of aryl methyl sites for hydroxylation is 1. The van der Waals surface area contributed by atoms with Crippen LogP contribution in [0.25, 0.3) is 22.2 Å². The highest BCUT2D eigenvalue weighted by Crippen LogP contribution is 2.35. The van der Waals surface area contributed by atoms with Crippen molar-refractivity contribution in [2.24, 2.45) is 7.05 Å². The van der Waals surface area contributed by atoms with Crippen LogP contribution in [0.1, 0.15) is 15.9 Å². The third-order valence-electron chi connectivity index (χ3n) is 5.47. The van der Waals surface area contributed by atoms with E-state index < -0.39 is 0 Å². The highest BCUT2D eigenvalue weighted by molar-refractivity contribution is 7.98. The molecule has 0 saturated heterocycles. The second-order valence-corrected chi connectivity index (χ2v) is 9.14. The summed E-state index contributed by atoms with van der Waals surface area (Å²) in [5.74, 6) is 0.402. The lowest BCUT2D eigenvalue weighted by Gasteiger charge is -2.11. The molecule has 35 heavy (non-hydrogen) atoms. The van der Waals surface area contributed by atoms with E-state index in [9.17, 15) is 4.79 Å². The number of benzene rings is 3. The van der Waals surface area contributed by atoms with Crippen molar-refractivity contribution in [3.8, 4) is 11.3 Å². The van der Waals surface area contributed by atoms with Gasteiger partial charge in [-0.05, 0) is 24.3 Å². The molecule has 2 aromatic heterocycles. The van der Waals surface area contributed by atoms with E-state index in [1.165, 1.54) is 0 Å². The van der Waals surface area contributed by atoms with Crippen LogP contribution < -0.4 is 5.32 Å². The molecule has 5 rings (SSSR count). The number of rotatable bonds is 6. The molecule has 0 atom stereocenters. The monoisotopic (exact) mass is 502 g/mol. The van der Waals surface area contributed by atoms with Gasteiger partial charge in [-0.3, -0.25) is 14.5 Å². The number of para-hydroxylation sites is 1. The quantitative estimate of drug-likeness (QED) is 0.288. The van der Waals surface area contributed by atoms with Gasteiger partial charge in [0.2, 0.25) is 0 Å². The molecule has 0 saturated carbocycles. The molecule has 6 nitrogen and oxygen atoms in total. The van der Waals surface area contributed by atoms with E-state index in [1.807, 2.05) is 92.0 Å². The number of nitrogens with one attached hydrogen (secondary N) is 1. The Bertz CT molecular complexity index is 1490. The average Bonchev–Trinajstić information content (AvgIpc) is 3.16. The molecule has 3 aromatic carbocycles. The van der Waals surface area contributed by atoms with Crippen LogP contribution in [0.2, 0.25) is 5.15 Å². The second-order valence-electron chi connectivity index (χ2n) is 7.76. The number of pyridine rings is 1. The first-order valence-corrected chi connectivity index (χ1v) is 12.1. The summed E-state index contributed by atoms with van der Waals surface area (Å²) in [5, 5.41) is 9.17. The zero-order chi connectivity index (χ0) is 23.5. The SMILES string of the molecule is Cn1nc(-c2ccccc2)c(CSc2ccccc2C(=O)Nc2cnc3ccccc3c2)c1Cl.O. The maximum Gasteiger partial charge on any atom is 0.256 e. The lowest BCUT2D eigenvalue weighted by Crippen LogP contribution is -2.13. The number of fused-ring (bicyclic) bond motifs is 1. The van der Waals surface area contributed by atoms with Crippen LogP contribution in [0, 0.1) is 0 Å². The number of amides is 1. The second kappa shape index (κ2) is 10.7. The Kier molecular flexibility index (Phi) is 7.51. The van der Waals surface area contributed by atoms with E-state index in [0.29, 0.717) is 22.2 Å². The van der Waals surface area contributed by atoms with Gasteiger partial charge in [0.15, 0.2) is 0 Å². The van der Waals surface area contributed by atoms with E-state index in [2.05, 4.69) is 15.4 Å². The van der Waals surface area contributed by atoms with Gasteiger partial charge >= 0.3 is 0 Å². The van der Waals surface area contributed by atoms with E-state index in [1.54, 1.807) is 22.6 Å². The standard InChI is InChI=1S/C27H21ClN4OS.H2O/c1-32-26(28)22(25(31-32)18-9-3-2-4-10-18)17-34-24-14-8-6-12-21(24)27(33)30-20-15-19-11-5-7-13-23(19)29-16-20;/h2-16H,17H2,1H3,(H,30,33);1H2. The van der Waals surface area contributed by atoms with Gasteiger partial charge < -0.3 is 10.8 Å². The molecule has 0 spiro atoms. The Balaban J connectivity index is 0.00000289. The summed E-state index contributed by atoms with van der Waals surface area (Å²) in [6.07, 6.45) is 1.68. The number of hydrogen-bond acceptors (Lipinski definition) is 4. The molecular weight excluding hydrogens is 480 g/mol. The van der Waals surface area contributed by atoms with E-state index in [0.717, 1.165) is 32.6 Å². The predicted octanol–water partition coefficient (Wildman–Crippen LogP) is 6.01. The first-order chi connectivity index (χ1) is 16.6. The molecule has 5 aromatic rings. The first-order valence-electron chi connectivity index (χ1n) is 10.7. The Hall–Kier alpha value is -3.65. The van der Waals surface area contributed by atoms with Crippen molar-refractivity contribution >= 4 is 45.9 Å². The molecule has 3 N–H and O–H groups in total. The van der Waals surface area contributed by atoms with Gasteiger partial charge in [0.25, 0.3) is 5.91 Å². The molecule has 0 aliphatic heterocycles. The zero-order valence-electron chi connectivity index (χ0n) is 18.9. The summed E-state index contributed by atoms with van der Waals surface area (Å²) in [7, 11) is 1.84. The maximum absolute atomic E-state index is 13.1. The van der Waals surface area contributed by atoms with Crippen molar-refractivity contribution in [2.75, 3.05) is 5.32 Å². The fourth-order valence-corrected chi connectivity index (χ4v) is 5.11. The minimum absolute atomic E-state index is 0. The van der Waals surface area contributed by atoms with Crippen LogP contribution in [-0.4, -0.2) is 26.1 Å². The van der Waals surface area contributed by atoms with Gasteiger partial charge in [-0.15, -0.1) is 11.8 Å². The molecule has 0 bridgehead atoms. The highest BCUT2D eigenvalue weighted by atomic mass is 35.5. The Labute approximate surface area is 212 Å². The van der Waals surface area contributed by atoms with Crippen molar-refractivity contribution in [2.45, 2.75) is 10.6 Å². The van der Waals surface area contributed by atoms with Crippen molar-refractivity contribution in [1.82, 2.24) is 14.8 Å². The molecule has 176 valence electrons. The molecule has 0 aliphatic rings. The number of aromatic nitrogens is 3. The number of carbonyl (C=O) groups is 1. The third-order valence-corrected chi connectivity index (χ3v) is 7.04. The van der Waals surface area contributed by atoms with Crippen LogP contribution in [-0.2, 0) is 12.8 Å². The van der Waals surface area contributed by atoms with E-state index in [4.69, 9.17) is 11.6 Å². The molecule has 0 aliphatic carbocycles. The molecule has 0 radical (unpaired) electrons. The largest absolute Gasteiger partial charge is 0.412 e. The van der Waals surface area contributed by atoms with Gasteiger partial charge in [0.1, 0.15) is 5.15 Å². The number of thioether (sulfide) groups is 1. The van der Waals surface area contributed by atoms with Crippen LogP contribution in [0.15, 0.2) is 96.0 Å². The van der Waals surface area contributed by atoms with Gasteiger partial charge in [0.05, 0.1) is 28.7 Å². The van der Waals surface area contributed by atoms with Gasteiger partial charge in [0, 0.05) is 34.2 Å². The van der Waals surface area contributed by atoms with Crippen molar-refractivity contribution in [3.63, 3.8) is 0 Å². The van der Waals surface area contributed by atoms with Gasteiger partial charge in [-0.1, -0.05) is 72.3 Å². The summed E-state index contributed by atoms with van der Waals surface area (Å²) in [6.45, 7) is 0. The predicted molar refractivity (Wildman–Crippen MR) is 143 cm³/mol. The topological polar surface area (TPSA) is 91.3 Å².